The molecule has 1 aromatic rings. The van der Waals surface area contributed by atoms with Crippen molar-refractivity contribution < 1.29 is 4.39 Å². The first-order valence-corrected chi connectivity index (χ1v) is 3.35. The summed E-state index contributed by atoms with van der Waals surface area (Å²) in [5.74, 6) is -0.521. The van der Waals surface area contributed by atoms with Gasteiger partial charge in [0.05, 0.1) is 5.02 Å². The third-order valence-electron chi connectivity index (χ3n) is 1.27. The average molecular weight is 174 g/mol. The molecule has 0 spiro atoms. The Kier molecular flexibility index (Phi) is 2.54. The van der Waals surface area contributed by atoms with Gasteiger partial charge in [-0.25, -0.2) is 4.39 Å². The normalized spacial score (nSPS) is 9.64. The molecule has 0 aliphatic heterocycles. The molecule has 0 atom stereocenters. The number of rotatable bonds is 2. The SMILES string of the molecule is O=NCc1cccc(F)c1Cl. The molecule has 0 saturated carbocycles. The van der Waals surface area contributed by atoms with E-state index in [9.17, 15) is 9.30 Å². The van der Waals surface area contributed by atoms with Gasteiger partial charge in [0, 0.05) is 0 Å². The van der Waals surface area contributed by atoms with Gasteiger partial charge in [-0.05, 0) is 11.6 Å². The first-order valence-electron chi connectivity index (χ1n) is 2.97. The van der Waals surface area contributed by atoms with Gasteiger partial charge in [-0.3, -0.25) is 0 Å². The van der Waals surface area contributed by atoms with Crippen LogP contribution in [0.5, 0.6) is 0 Å². The summed E-state index contributed by atoms with van der Waals surface area (Å²) < 4.78 is 12.6. The molecule has 0 amide bonds. The molecule has 0 unspecified atom stereocenters. The topological polar surface area (TPSA) is 29.4 Å². The Bertz CT molecular complexity index is 277. The minimum atomic E-state index is -0.521. The Morgan fingerprint density at radius 2 is 2.27 bits per heavy atom. The summed E-state index contributed by atoms with van der Waals surface area (Å²) in [5.41, 5.74) is 0.418. The summed E-state index contributed by atoms with van der Waals surface area (Å²) in [6, 6.07) is 4.28. The van der Waals surface area contributed by atoms with Crippen LogP contribution < -0.4 is 0 Å². The molecule has 58 valence electrons. The van der Waals surface area contributed by atoms with E-state index in [1.807, 2.05) is 0 Å². The molecule has 1 aromatic carbocycles. The predicted molar refractivity (Wildman–Crippen MR) is 40.9 cm³/mol. The summed E-state index contributed by atoms with van der Waals surface area (Å²) in [7, 11) is 0. The summed E-state index contributed by atoms with van der Waals surface area (Å²) in [6.45, 7) is -0.0867. The summed E-state index contributed by atoms with van der Waals surface area (Å²) in [6.07, 6.45) is 0. The molecule has 0 fully saturated rings. The molecule has 0 heterocycles. The Hall–Kier alpha value is -0.960. The second-order valence-corrected chi connectivity index (χ2v) is 2.38. The minimum Gasteiger partial charge on any atom is -0.205 e. The molecular weight excluding hydrogens is 169 g/mol. The van der Waals surface area contributed by atoms with Crippen LogP contribution in [-0.2, 0) is 6.54 Å². The Balaban J connectivity index is 3.05. The maximum atomic E-state index is 12.6. The lowest BCUT2D eigenvalue weighted by atomic mass is 10.2. The first kappa shape index (κ1) is 8.14. The van der Waals surface area contributed by atoms with E-state index in [0.29, 0.717) is 5.56 Å². The monoisotopic (exact) mass is 173 g/mol. The maximum Gasteiger partial charge on any atom is 0.142 e. The number of nitroso groups, excluding NO2 is 1. The fourth-order valence-electron chi connectivity index (χ4n) is 0.740. The smallest absolute Gasteiger partial charge is 0.142 e. The van der Waals surface area contributed by atoms with Crippen molar-refractivity contribution in [2.24, 2.45) is 5.18 Å². The molecule has 0 aliphatic carbocycles. The second-order valence-electron chi connectivity index (χ2n) is 2.00. The van der Waals surface area contributed by atoms with E-state index in [1.165, 1.54) is 12.1 Å². The van der Waals surface area contributed by atoms with Crippen molar-refractivity contribution in [3.8, 4) is 0 Å². The predicted octanol–water partition coefficient (Wildman–Crippen LogP) is 2.75. The van der Waals surface area contributed by atoms with Crippen LogP contribution in [0.1, 0.15) is 5.56 Å². The average Bonchev–Trinajstić information content (AvgIpc) is 1.99. The van der Waals surface area contributed by atoms with Crippen molar-refractivity contribution in [1.82, 2.24) is 0 Å². The Morgan fingerprint density at radius 1 is 1.55 bits per heavy atom. The summed E-state index contributed by atoms with van der Waals surface area (Å²) in [4.78, 5) is 9.81. The number of hydrogen-bond acceptors (Lipinski definition) is 2. The van der Waals surface area contributed by atoms with Crippen LogP contribution in [0.25, 0.3) is 0 Å². The highest BCUT2D eigenvalue weighted by Gasteiger charge is 2.04. The molecule has 2 nitrogen and oxygen atoms in total. The molecule has 0 saturated heterocycles. The van der Waals surface area contributed by atoms with Crippen LogP contribution in [0, 0.1) is 10.7 Å². The van der Waals surface area contributed by atoms with Crippen molar-refractivity contribution in [3.05, 3.63) is 39.5 Å². The van der Waals surface area contributed by atoms with Gasteiger partial charge >= 0.3 is 0 Å². The highest BCUT2D eigenvalue weighted by molar-refractivity contribution is 6.31. The van der Waals surface area contributed by atoms with Gasteiger partial charge in [-0.1, -0.05) is 28.9 Å². The van der Waals surface area contributed by atoms with Crippen molar-refractivity contribution in [3.63, 3.8) is 0 Å². The van der Waals surface area contributed by atoms with E-state index in [1.54, 1.807) is 6.07 Å². The van der Waals surface area contributed by atoms with E-state index < -0.39 is 5.82 Å². The lowest BCUT2D eigenvalue weighted by Gasteiger charge is -1.98. The van der Waals surface area contributed by atoms with Crippen LogP contribution in [0.3, 0.4) is 0 Å². The number of hydrogen-bond donors (Lipinski definition) is 0. The minimum absolute atomic E-state index is 0.0212. The highest BCUT2D eigenvalue weighted by Crippen LogP contribution is 2.19. The number of halogens is 2. The van der Waals surface area contributed by atoms with E-state index >= 15 is 0 Å². The second kappa shape index (κ2) is 3.44. The standard InChI is InChI=1S/C7H5ClFNO/c8-7-5(4-10-11)2-1-3-6(7)9/h1-3H,4H2. The summed E-state index contributed by atoms with van der Waals surface area (Å²) in [5, 5.41) is 2.59. The Morgan fingerprint density at radius 3 is 2.91 bits per heavy atom. The zero-order valence-corrected chi connectivity index (χ0v) is 6.31. The molecule has 0 bridgehead atoms. The molecular formula is C7H5ClFNO. The van der Waals surface area contributed by atoms with Gasteiger partial charge in [0.25, 0.3) is 0 Å². The van der Waals surface area contributed by atoms with Gasteiger partial charge in [0.1, 0.15) is 12.4 Å². The number of nitrogens with zero attached hydrogens (tertiary/aromatic N) is 1. The molecule has 0 aliphatic rings. The van der Waals surface area contributed by atoms with Gasteiger partial charge in [-0.2, -0.15) is 4.91 Å². The van der Waals surface area contributed by atoms with E-state index in [0.717, 1.165) is 0 Å². The molecule has 0 radical (unpaired) electrons. The van der Waals surface area contributed by atoms with Crippen LogP contribution in [0.4, 0.5) is 4.39 Å². The van der Waals surface area contributed by atoms with E-state index in [4.69, 9.17) is 11.6 Å². The highest BCUT2D eigenvalue weighted by atomic mass is 35.5. The molecule has 4 heteroatoms. The zero-order chi connectivity index (χ0) is 8.27. The third kappa shape index (κ3) is 1.74. The van der Waals surface area contributed by atoms with Crippen LogP contribution in [0.2, 0.25) is 5.02 Å². The Labute approximate surface area is 68.0 Å². The quantitative estimate of drug-likeness (QED) is 0.633. The van der Waals surface area contributed by atoms with Gasteiger partial charge in [0.2, 0.25) is 0 Å². The van der Waals surface area contributed by atoms with Crippen molar-refractivity contribution in [2.75, 3.05) is 0 Å². The molecule has 0 aromatic heterocycles. The van der Waals surface area contributed by atoms with E-state index in [-0.39, 0.29) is 11.6 Å². The number of benzene rings is 1. The van der Waals surface area contributed by atoms with Gasteiger partial charge < -0.3 is 0 Å². The van der Waals surface area contributed by atoms with Crippen molar-refractivity contribution in [1.29, 1.82) is 0 Å². The molecule has 11 heavy (non-hydrogen) atoms. The van der Waals surface area contributed by atoms with E-state index in [2.05, 4.69) is 5.18 Å². The fourth-order valence-corrected chi connectivity index (χ4v) is 0.926. The van der Waals surface area contributed by atoms with Crippen LogP contribution >= 0.6 is 11.6 Å². The van der Waals surface area contributed by atoms with Crippen molar-refractivity contribution >= 4 is 11.6 Å². The lowest BCUT2D eigenvalue weighted by molar-refractivity contribution is 0.626. The fraction of sp³-hybridized carbons (Fsp3) is 0.143. The molecule has 1 rings (SSSR count). The van der Waals surface area contributed by atoms with Crippen molar-refractivity contribution in [2.45, 2.75) is 6.54 Å². The lowest BCUT2D eigenvalue weighted by Crippen LogP contribution is -1.85. The largest absolute Gasteiger partial charge is 0.205 e. The van der Waals surface area contributed by atoms with Gasteiger partial charge in [0.15, 0.2) is 0 Å². The molecule has 0 N–H and O–H groups in total. The maximum absolute atomic E-state index is 12.6. The van der Waals surface area contributed by atoms with Crippen LogP contribution in [-0.4, -0.2) is 0 Å². The van der Waals surface area contributed by atoms with Gasteiger partial charge in [-0.15, -0.1) is 0 Å². The van der Waals surface area contributed by atoms with Crippen LogP contribution in [0.15, 0.2) is 23.4 Å². The zero-order valence-electron chi connectivity index (χ0n) is 5.55. The first-order chi connectivity index (χ1) is 5.25. The summed E-state index contributed by atoms with van der Waals surface area (Å²) >= 11 is 5.50. The third-order valence-corrected chi connectivity index (χ3v) is 1.69.